The van der Waals surface area contributed by atoms with E-state index in [9.17, 15) is 9.90 Å². The van der Waals surface area contributed by atoms with Gasteiger partial charge in [0.2, 0.25) is 0 Å². The van der Waals surface area contributed by atoms with Gasteiger partial charge in [-0.25, -0.2) is 4.79 Å². The van der Waals surface area contributed by atoms with Gasteiger partial charge >= 0.3 is 13.1 Å². The lowest BCUT2D eigenvalue weighted by atomic mass is 9.75. The number of carbonyl (C=O) groups excluding carboxylic acids is 1. The maximum atomic E-state index is 11.8. The number of phenolic OH excluding ortho intramolecular Hbond substituents is 1. The molecular weight excluding hydrogens is 259 g/mol. The lowest BCUT2D eigenvalue weighted by molar-refractivity contribution is 0.00578. The predicted octanol–water partition coefficient (Wildman–Crippen LogP) is 1.48. The van der Waals surface area contributed by atoms with Crippen molar-refractivity contribution in [1.29, 1.82) is 0 Å². The molecule has 1 N–H and O–H groups in total. The van der Waals surface area contributed by atoms with Crippen molar-refractivity contribution >= 4 is 18.6 Å². The van der Waals surface area contributed by atoms with E-state index in [1.165, 1.54) is 25.3 Å². The average Bonchev–Trinajstić information content (AvgIpc) is 2.57. The molecule has 0 unspecified atom stereocenters. The second-order valence-electron chi connectivity index (χ2n) is 5.85. The van der Waals surface area contributed by atoms with E-state index in [0.717, 1.165) is 0 Å². The van der Waals surface area contributed by atoms with Gasteiger partial charge in [0.15, 0.2) is 0 Å². The third-order valence-electron chi connectivity index (χ3n) is 3.95. The van der Waals surface area contributed by atoms with Gasteiger partial charge in [-0.3, -0.25) is 0 Å². The highest BCUT2D eigenvalue weighted by Gasteiger charge is 2.52. The topological polar surface area (TPSA) is 65.0 Å². The molecule has 1 aromatic rings. The molecule has 0 aliphatic carbocycles. The molecule has 108 valence electrons. The number of rotatable bonds is 2. The Bertz CT molecular complexity index is 522. The second kappa shape index (κ2) is 4.79. The summed E-state index contributed by atoms with van der Waals surface area (Å²) in [4.78, 5) is 11.8. The van der Waals surface area contributed by atoms with Crippen molar-refractivity contribution in [2.45, 2.75) is 38.9 Å². The average molecular weight is 278 g/mol. The molecule has 0 aromatic heterocycles. The van der Waals surface area contributed by atoms with Gasteiger partial charge in [0.1, 0.15) is 5.75 Å². The first-order valence-corrected chi connectivity index (χ1v) is 6.45. The third kappa shape index (κ3) is 2.41. The van der Waals surface area contributed by atoms with Crippen LogP contribution in [0.1, 0.15) is 38.1 Å². The molecule has 1 heterocycles. The minimum atomic E-state index is -0.721. The van der Waals surface area contributed by atoms with Gasteiger partial charge in [0.05, 0.1) is 23.9 Å². The van der Waals surface area contributed by atoms with E-state index in [1.807, 2.05) is 27.7 Å². The summed E-state index contributed by atoms with van der Waals surface area (Å²) in [5.74, 6) is -0.447. The molecule has 20 heavy (non-hydrogen) atoms. The van der Waals surface area contributed by atoms with Crippen LogP contribution in [0.2, 0.25) is 0 Å². The highest BCUT2D eigenvalue weighted by atomic mass is 16.7. The zero-order chi connectivity index (χ0) is 15.1. The van der Waals surface area contributed by atoms with Crippen molar-refractivity contribution in [2.24, 2.45) is 0 Å². The zero-order valence-corrected chi connectivity index (χ0v) is 12.4. The number of aromatic hydroxyl groups is 1. The van der Waals surface area contributed by atoms with Crippen molar-refractivity contribution in [2.75, 3.05) is 7.11 Å². The zero-order valence-electron chi connectivity index (χ0n) is 12.4. The van der Waals surface area contributed by atoms with Gasteiger partial charge in [0.25, 0.3) is 0 Å². The molecule has 5 nitrogen and oxygen atoms in total. The number of hydrogen-bond acceptors (Lipinski definition) is 5. The van der Waals surface area contributed by atoms with E-state index < -0.39 is 24.3 Å². The smallest absolute Gasteiger partial charge is 0.495 e. The Morgan fingerprint density at radius 1 is 1.20 bits per heavy atom. The van der Waals surface area contributed by atoms with E-state index in [4.69, 9.17) is 14.0 Å². The standard InChI is InChI=1S/C14H19BO5/c1-13(2)14(3,4)20-15(19-13)11-8-9(16)6-7-10(11)12(17)18-5/h6-8,16H,1-5H3. The van der Waals surface area contributed by atoms with Crippen LogP contribution in [0, 0.1) is 0 Å². The Morgan fingerprint density at radius 3 is 2.25 bits per heavy atom. The maximum absolute atomic E-state index is 11.8. The summed E-state index contributed by atoms with van der Waals surface area (Å²) in [5, 5.41) is 9.65. The van der Waals surface area contributed by atoms with E-state index in [0.29, 0.717) is 11.0 Å². The fourth-order valence-electron chi connectivity index (χ4n) is 2.01. The van der Waals surface area contributed by atoms with Crippen LogP contribution < -0.4 is 5.46 Å². The predicted molar refractivity (Wildman–Crippen MR) is 75.2 cm³/mol. The second-order valence-corrected chi connectivity index (χ2v) is 5.85. The number of benzene rings is 1. The number of methoxy groups -OCH3 is 1. The van der Waals surface area contributed by atoms with Crippen molar-refractivity contribution in [3.8, 4) is 5.75 Å². The molecule has 6 heteroatoms. The third-order valence-corrected chi connectivity index (χ3v) is 3.95. The number of carbonyl (C=O) groups is 1. The van der Waals surface area contributed by atoms with E-state index in [2.05, 4.69) is 0 Å². The number of ether oxygens (including phenoxy) is 1. The van der Waals surface area contributed by atoms with Gasteiger partial charge in [0, 0.05) is 5.46 Å². The van der Waals surface area contributed by atoms with Crippen LogP contribution in [-0.2, 0) is 14.0 Å². The molecule has 0 atom stereocenters. The van der Waals surface area contributed by atoms with Gasteiger partial charge in [-0.2, -0.15) is 0 Å². The van der Waals surface area contributed by atoms with E-state index in [1.54, 1.807) is 0 Å². The molecule has 0 bridgehead atoms. The minimum absolute atomic E-state index is 0.0439. The van der Waals surface area contributed by atoms with Crippen LogP contribution in [0.15, 0.2) is 18.2 Å². The molecule has 1 aromatic carbocycles. The van der Waals surface area contributed by atoms with Crippen molar-refractivity contribution in [1.82, 2.24) is 0 Å². The molecule has 1 aliphatic heterocycles. The van der Waals surface area contributed by atoms with Crippen molar-refractivity contribution in [3.05, 3.63) is 23.8 Å². The number of phenols is 1. The van der Waals surface area contributed by atoms with Gasteiger partial charge in [-0.1, -0.05) is 0 Å². The highest BCUT2D eigenvalue weighted by molar-refractivity contribution is 6.63. The summed E-state index contributed by atoms with van der Waals surface area (Å²) in [6, 6.07) is 4.40. The summed E-state index contributed by atoms with van der Waals surface area (Å²) in [7, 11) is 0.588. The van der Waals surface area contributed by atoms with Crippen LogP contribution in [0.3, 0.4) is 0 Å². The molecule has 2 rings (SSSR count). The van der Waals surface area contributed by atoms with Gasteiger partial charge in [-0.15, -0.1) is 0 Å². The first kappa shape index (κ1) is 14.9. The Hall–Kier alpha value is -1.53. The Balaban J connectivity index is 2.44. The Kier molecular flexibility index (Phi) is 3.56. The number of hydrogen-bond donors (Lipinski definition) is 1. The SMILES string of the molecule is COC(=O)c1ccc(O)cc1B1OC(C)(C)C(C)(C)O1. The largest absolute Gasteiger partial charge is 0.508 e. The summed E-state index contributed by atoms with van der Waals surface area (Å²) < 4.78 is 16.5. The summed E-state index contributed by atoms with van der Waals surface area (Å²) in [5.41, 5.74) is -0.244. The van der Waals surface area contributed by atoms with Crippen LogP contribution in [0.4, 0.5) is 0 Å². The first-order valence-electron chi connectivity index (χ1n) is 6.45. The Morgan fingerprint density at radius 2 is 1.75 bits per heavy atom. The highest BCUT2D eigenvalue weighted by Crippen LogP contribution is 2.36. The van der Waals surface area contributed by atoms with Crippen LogP contribution >= 0.6 is 0 Å². The monoisotopic (exact) mass is 278 g/mol. The van der Waals surface area contributed by atoms with Crippen molar-refractivity contribution < 1.29 is 23.9 Å². The molecule has 1 fully saturated rings. The summed E-state index contributed by atoms with van der Waals surface area (Å²) in [6.45, 7) is 7.70. The normalized spacial score (nSPS) is 19.9. The lowest BCUT2D eigenvalue weighted by Crippen LogP contribution is -2.41. The van der Waals surface area contributed by atoms with E-state index in [-0.39, 0.29) is 5.75 Å². The number of esters is 1. The molecule has 0 amide bonds. The molecular formula is C14H19BO5. The fraction of sp³-hybridized carbons (Fsp3) is 0.500. The molecule has 0 radical (unpaired) electrons. The van der Waals surface area contributed by atoms with Crippen LogP contribution in [0.5, 0.6) is 5.75 Å². The Labute approximate surface area is 119 Å². The van der Waals surface area contributed by atoms with Crippen LogP contribution in [-0.4, -0.2) is 36.5 Å². The van der Waals surface area contributed by atoms with E-state index >= 15 is 0 Å². The lowest BCUT2D eigenvalue weighted by Gasteiger charge is -2.32. The summed E-state index contributed by atoms with van der Waals surface area (Å²) in [6.07, 6.45) is 0. The van der Waals surface area contributed by atoms with Gasteiger partial charge < -0.3 is 19.2 Å². The first-order chi connectivity index (χ1) is 9.18. The summed E-state index contributed by atoms with van der Waals surface area (Å²) >= 11 is 0. The fourth-order valence-corrected chi connectivity index (χ4v) is 2.01. The maximum Gasteiger partial charge on any atom is 0.495 e. The van der Waals surface area contributed by atoms with Crippen LogP contribution in [0.25, 0.3) is 0 Å². The molecule has 0 saturated carbocycles. The molecule has 0 spiro atoms. The van der Waals surface area contributed by atoms with Crippen molar-refractivity contribution in [3.63, 3.8) is 0 Å². The minimum Gasteiger partial charge on any atom is -0.508 e. The molecule has 1 aliphatic rings. The quantitative estimate of drug-likeness (QED) is 0.655. The van der Waals surface area contributed by atoms with Gasteiger partial charge in [-0.05, 0) is 45.9 Å². The molecule has 1 saturated heterocycles.